The Morgan fingerprint density at radius 3 is 2.00 bits per heavy atom. The molecule has 0 heterocycles. The third-order valence-electron chi connectivity index (χ3n) is 2.86. The molecule has 0 spiro atoms. The zero-order valence-electron chi connectivity index (χ0n) is 10.1. The summed E-state index contributed by atoms with van der Waals surface area (Å²) in [5.74, 6) is 0. The van der Waals surface area contributed by atoms with Crippen LogP contribution in [0.1, 0.15) is 12.5 Å². The average Bonchev–Trinajstić information content (AvgIpc) is 2.42. The van der Waals surface area contributed by atoms with E-state index in [0.717, 1.165) is 0 Å². The van der Waals surface area contributed by atoms with Crippen LogP contribution in [0.3, 0.4) is 0 Å². The van der Waals surface area contributed by atoms with Gasteiger partial charge < -0.3 is 0 Å². The quantitative estimate of drug-likeness (QED) is 0.642. The Hall–Kier alpha value is -2.08. The summed E-state index contributed by atoms with van der Waals surface area (Å²) in [5, 5.41) is 0. The van der Waals surface area contributed by atoms with Crippen LogP contribution >= 0.6 is 0 Å². The second-order valence-corrected chi connectivity index (χ2v) is 3.89. The lowest BCUT2D eigenvalue weighted by Gasteiger charge is -2.05. The summed E-state index contributed by atoms with van der Waals surface area (Å²) >= 11 is 0. The van der Waals surface area contributed by atoms with Gasteiger partial charge in [-0.2, -0.15) is 0 Å². The molecule has 0 saturated carbocycles. The Labute approximate surface area is 103 Å². The number of allylic oxidation sites excluding steroid dienone is 3. The van der Waals surface area contributed by atoms with Crippen molar-refractivity contribution in [3.63, 3.8) is 0 Å². The van der Waals surface area contributed by atoms with Gasteiger partial charge in [0.05, 0.1) is 0 Å². The summed E-state index contributed by atoms with van der Waals surface area (Å²) in [6.07, 6.45) is 3.96. The van der Waals surface area contributed by atoms with Gasteiger partial charge in [-0.1, -0.05) is 73.3 Å². The molecule has 0 aliphatic heterocycles. The zero-order valence-corrected chi connectivity index (χ0v) is 10.1. The standard InChI is InChI=1S/C17H16/c1-3-14(4-2)16-10-12-17(13-11-16)15-8-6-5-7-9-15/h3-13H,1H2,2H3/b14-4+. The highest BCUT2D eigenvalue weighted by Crippen LogP contribution is 2.22. The number of rotatable bonds is 3. The van der Waals surface area contributed by atoms with E-state index in [4.69, 9.17) is 0 Å². The fourth-order valence-corrected chi connectivity index (χ4v) is 1.89. The van der Waals surface area contributed by atoms with Crippen LogP contribution in [-0.2, 0) is 0 Å². The van der Waals surface area contributed by atoms with Gasteiger partial charge in [0.1, 0.15) is 0 Å². The van der Waals surface area contributed by atoms with Gasteiger partial charge >= 0.3 is 0 Å². The van der Waals surface area contributed by atoms with Gasteiger partial charge in [-0.25, -0.2) is 0 Å². The Morgan fingerprint density at radius 1 is 0.882 bits per heavy atom. The van der Waals surface area contributed by atoms with E-state index >= 15 is 0 Å². The second-order valence-electron chi connectivity index (χ2n) is 3.89. The van der Waals surface area contributed by atoms with E-state index in [9.17, 15) is 0 Å². The summed E-state index contributed by atoms with van der Waals surface area (Å²) in [7, 11) is 0. The maximum Gasteiger partial charge on any atom is -0.0184 e. The van der Waals surface area contributed by atoms with Crippen molar-refractivity contribution in [1.82, 2.24) is 0 Å². The summed E-state index contributed by atoms with van der Waals surface area (Å²) in [6, 6.07) is 19.0. The smallest absolute Gasteiger partial charge is 0.0184 e. The Bertz CT molecular complexity index is 516. The summed E-state index contributed by atoms with van der Waals surface area (Å²) in [5.41, 5.74) is 4.88. The molecular weight excluding hydrogens is 204 g/mol. The van der Waals surface area contributed by atoms with Crippen molar-refractivity contribution >= 4 is 5.57 Å². The molecule has 0 nitrogen and oxygen atoms in total. The largest absolute Gasteiger partial charge is 0.0985 e. The first kappa shape index (κ1) is 11.4. The normalized spacial score (nSPS) is 11.2. The van der Waals surface area contributed by atoms with Crippen molar-refractivity contribution in [1.29, 1.82) is 0 Å². The van der Waals surface area contributed by atoms with E-state index in [2.05, 4.69) is 61.2 Å². The monoisotopic (exact) mass is 220 g/mol. The Morgan fingerprint density at radius 2 is 1.47 bits per heavy atom. The first-order valence-electron chi connectivity index (χ1n) is 5.79. The second kappa shape index (κ2) is 5.31. The SMILES string of the molecule is C=C/C(=C\C)c1ccc(-c2ccccc2)cc1. The van der Waals surface area contributed by atoms with Gasteiger partial charge in [-0.15, -0.1) is 0 Å². The number of hydrogen-bond acceptors (Lipinski definition) is 0. The van der Waals surface area contributed by atoms with E-state index in [0.29, 0.717) is 0 Å². The third kappa shape index (κ3) is 2.54. The lowest BCUT2D eigenvalue weighted by atomic mass is 10.0. The first-order chi connectivity index (χ1) is 8.35. The molecule has 0 N–H and O–H groups in total. The van der Waals surface area contributed by atoms with E-state index in [1.807, 2.05) is 19.1 Å². The molecule has 0 fully saturated rings. The number of hydrogen-bond donors (Lipinski definition) is 0. The molecule has 84 valence electrons. The highest BCUT2D eigenvalue weighted by atomic mass is 14.0. The van der Waals surface area contributed by atoms with E-state index in [-0.39, 0.29) is 0 Å². The summed E-state index contributed by atoms with van der Waals surface area (Å²) < 4.78 is 0. The van der Waals surface area contributed by atoms with E-state index < -0.39 is 0 Å². The van der Waals surface area contributed by atoms with Crippen LogP contribution in [0.25, 0.3) is 16.7 Å². The first-order valence-corrected chi connectivity index (χ1v) is 5.79. The van der Waals surface area contributed by atoms with E-state index in [1.54, 1.807) is 0 Å². The van der Waals surface area contributed by atoms with Crippen molar-refractivity contribution in [2.45, 2.75) is 6.92 Å². The maximum atomic E-state index is 3.82. The molecule has 2 aromatic carbocycles. The molecule has 0 atom stereocenters. The molecule has 17 heavy (non-hydrogen) atoms. The van der Waals surface area contributed by atoms with Gasteiger partial charge in [-0.05, 0) is 29.2 Å². The fraction of sp³-hybridized carbons (Fsp3) is 0.0588. The van der Waals surface area contributed by atoms with Crippen LogP contribution in [0.15, 0.2) is 73.3 Å². The zero-order chi connectivity index (χ0) is 12.1. The topological polar surface area (TPSA) is 0 Å². The van der Waals surface area contributed by atoms with Crippen LogP contribution in [0.2, 0.25) is 0 Å². The Kier molecular flexibility index (Phi) is 3.56. The number of benzene rings is 2. The molecule has 0 aliphatic rings. The van der Waals surface area contributed by atoms with Crippen LogP contribution < -0.4 is 0 Å². The summed E-state index contributed by atoms with van der Waals surface area (Å²) in [6.45, 7) is 5.85. The summed E-state index contributed by atoms with van der Waals surface area (Å²) in [4.78, 5) is 0. The third-order valence-corrected chi connectivity index (χ3v) is 2.86. The highest BCUT2D eigenvalue weighted by molar-refractivity contribution is 5.75. The molecule has 2 aromatic rings. The Balaban J connectivity index is 2.34. The molecule has 0 heteroatoms. The minimum absolute atomic E-state index is 1.17. The van der Waals surface area contributed by atoms with Crippen LogP contribution in [-0.4, -0.2) is 0 Å². The van der Waals surface area contributed by atoms with Gasteiger partial charge in [0, 0.05) is 0 Å². The molecule has 0 aromatic heterocycles. The van der Waals surface area contributed by atoms with Crippen LogP contribution in [0, 0.1) is 0 Å². The molecule has 0 bridgehead atoms. The molecule has 0 aliphatic carbocycles. The van der Waals surface area contributed by atoms with Gasteiger partial charge in [0.15, 0.2) is 0 Å². The lowest BCUT2D eigenvalue weighted by Crippen LogP contribution is -1.81. The van der Waals surface area contributed by atoms with Gasteiger partial charge in [0.2, 0.25) is 0 Å². The average molecular weight is 220 g/mol. The van der Waals surface area contributed by atoms with Crippen molar-refractivity contribution in [3.8, 4) is 11.1 Å². The fourth-order valence-electron chi connectivity index (χ4n) is 1.89. The van der Waals surface area contributed by atoms with Gasteiger partial charge in [0.25, 0.3) is 0 Å². The molecule has 0 amide bonds. The van der Waals surface area contributed by atoms with Crippen molar-refractivity contribution in [2.24, 2.45) is 0 Å². The minimum Gasteiger partial charge on any atom is -0.0985 e. The lowest BCUT2D eigenvalue weighted by molar-refractivity contribution is 1.57. The van der Waals surface area contributed by atoms with Crippen molar-refractivity contribution in [3.05, 3.63) is 78.9 Å². The van der Waals surface area contributed by atoms with Crippen molar-refractivity contribution < 1.29 is 0 Å². The van der Waals surface area contributed by atoms with Crippen molar-refractivity contribution in [2.75, 3.05) is 0 Å². The maximum absolute atomic E-state index is 3.82. The predicted molar refractivity (Wildman–Crippen MR) is 75.7 cm³/mol. The molecular formula is C17H16. The van der Waals surface area contributed by atoms with Gasteiger partial charge in [-0.3, -0.25) is 0 Å². The minimum atomic E-state index is 1.17. The molecule has 0 radical (unpaired) electrons. The highest BCUT2D eigenvalue weighted by Gasteiger charge is 1.98. The molecule has 0 unspecified atom stereocenters. The van der Waals surface area contributed by atoms with Crippen LogP contribution in [0.4, 0.5) is 0 Å². The predicted octanol–water partition coefficient (Wildman–Crippen LogP) is 4.94. The van der Waals surface area contributed by atoms with E-state index in [1.165, 1.54) is 22.3 Å². The van der Waals surface area contributed by atoms with Crippen LogP contribution in [0.5, 0.6) is 0 Å². The molecule has 0 saturated heterocycles. The molecule has 2 rings (SSSR count).